The van der Waals surface area contributed by atoms with Crippen molar-refractivity contribution in [1.82, 2.24) is 4.90 Å². The fraction of sp³-hybridized carbons (Fsp3) is 0.538. The molecular formula is C13H21N3O. The Balaban J connectivity index is 2.00. The van der Waals surface area contributed by atoms with Gasteiger partial charge in [0.1, 0.15) is 0 Å². The Labute approximate surface area is 103 Å². The minimum absolute atomic E-state index is 0.165. The van der Waals surface area contributed by atoms with Crippen LogP contribution in [0.4, 0.5) is 11.4 Å². The van der Waals surface area contributed by atoms with Gasteiger partial charge < -0.3 is 20.2 Å². The van der Waals surface area contributed by atoms with Crippen molar-refractivity contribution in [2.45, 2.75) is 0 Å². The van der Waals surface area contributed by atoms with Crippen LogP contribution in [0.25, 0.3) is 0 Å². The largest absolute Gasteiger partial charge is 0.395 e. The molecule has 1 saturated heterocycles. The fourth-order valence-electron chi connectivity index (χ4n) is 2.08. The number of piperazine rings is 1. The van der Waals surface area contributed by atoms with E-state index in [0.29, 0.717) is 6.54 Å². The first-order valence-corrected chi connectivity index (χ1v) is 6.18. The quantitative estimate of drug-likeness (QED) is 0.811. The molecule has 1 aromatic rings. The van der Waals surface area contributed by atoms with E-state index >= 15 is 0 Å². The second-order valence-corrected chi connectivity index (χ2v) is 4.49. The third-order valence-electron chi connectivity index (χ3n) is 3.16. The molecule has 0 unspecified atom stereocenters. The minimum atomic E-state index is 0.165. The lowest BCUT2D eigenvalue weighted by atomic mass is 10.2. The van der Waals surface area contributed by atoms with Gasteiger partial charge >= 0.3 is 0 Å². The lowest BCUT2D eigenvalue weighted by Gasteiger charge is -2.34. The molecule has 0 aliphatic carbocycles. The van der Waals surface area contributed by atoms with Crippen molar-refractivity contribution in [3.8, 4) is 0 Å². The van der Waals surface area contributed by atoms with Crippen molar-refractivity contribution in [2.24, 2.45) is 0 Å². The highest BCUT2D eigenvalue weighted by Crippen LogP contribution is 2.20. The van der Waals surface area contributed by atoms with Crippen LogP contribution in [-0.2, 0) is 0 Å². The number of aliphatic hydroxyl groups is 1. The Morgan fingerprint density at radius 2 is 2.00 bits per heavy atom. The molecule has 1 aliphatic heterocycles. The Kier molecular flexibility index (Phi) is 4.23. The molecule has 1 aliphatic rings. The highest BCUT2D eigenvalue weighted by molar-refractivity contribution is 5.58. The van der Waals surface area contributed by atoms with Crippen LogP contribution in [0.5, 0.6) is 0 Å². The van der Waals surface area contributed by atoms with Crippen LogP contribution in [0.2, 0.25) is 0 Å². The predicted octanol–water partition coefficient (Wildman–Crippen LogP) is 0.843. The van der Waals surface area contributed by atoms with E-state index < -0.39 is 0 Å². The number of hydrogen-bond donors (Lipinski definition) is 2. The molecule has 0 radical (unpaired) electrons. The molecule has 1 aromatic carbocycles. The second-order valence-electron chi connectivity index (χ2n) is 4.49. The van der Waals surface area contributed by atoms with E-state index in [0.717, 1.165) is 31.9 Å². The summed E-state index contributed by atoms with van der Waals surface area (Å²) in [5.74, 6) is 0. The third kappa shape index (κ3) is 3.35. The Morgan fingerprint density at radius 1 is 1.24 bits per heavy atom. The van der Waals surface area contributed by atoms with E-state index in [2.05, 4.69) is 40.4 Å². The zero-order valence-corrected chi connectivity index (χ0v) is 10.4. The van der Waals surface area contributed by atoms with Gasteiger partial charge in [0.25, 0.3) is 0 Å². The van der Waals surface area contributed by atoms with Crippen LogP contribution < -0.4 is 10.2 Å². The molecule has 94 valence electrons. The molecule has 0 saturated carbocycles. The topological polar surface area (TPSA) is 38.7 Å². The summed E-state index contributed by atoms with van der Waals surface area (Å²) in [5.41, 5.74) is 2.34. The average Bonchev–Trinajstić information content (AvgIpc) is 2.37. The van der Waals surface area contributed by atoms with Gasteiger partial charge in [-0.1, -0.05) is 6.07 Å². The van der Waals surface area contributed by atoms with Gasteiger partial charge in [0.05, 0.1) is 6.61 Å². The number of rotatable bonds is 4. The van der Waals surface area contributed by atoms with Crippen molar-refractivity contribution < 1.29 is 5.11 Å². The normalized spacial score (nSPS) is 17.2. The Hall–Kier alpha value is -1.26. The number of nitrogens with zero attached hydrogens (tertiary/aromatic N) is 2. The number of benzene rings is 1. The molecule has 0 spiro atoms. The zero-order valence-electron chi connectivity index (χ0n) is 10.4. The zero-order chi connectivity index (χ0) is 12.1. The van der Waals surface area contributed by atoms with E-state index in [1.165, 1.54) is 5.69 Å². The fourth-order valence-corrected chi connectivity index (χ4v) is 2.08. The molecule has 0 atom stereocenters. The molecule has 17 heavy (non-hydrogen) atoms. The summed E-state index contributed by atoms with van der Waals surface area (Å²) in [6.45, 7) is 5.17. The van der Waals surface area contributed by atoms with E-state index in [1.807, 2.05) is 6.07 Å². The number of anilines is 2. The van der Waals surface area contributed by atoms with Crippen molar-refractivity contribution in [3.63, 3.8) is 0 Å². The molecule has 1 fully saturated rings. The van der Waals surface area contributed by atoms with E-state index in [4.69, 9.17) is 5.11 Å². The first kappa shape index (κ1) is 12.2. The lowest BCUT2D eigenvalue weighted by Crippen LogP contribution is -2.44. The van der Waals surface area contributed by atoms with Crippen LogP contribution >= 0.6 is 0 Å². The maximum atomic E-state index is 8.80. The number of nitrogens with one attached hydrogen (secondary N) is 1. The van der Waals surface area contributed by atoms with Gasteiger partial charge in [-0.05, 0) is 25.2 Å². The van der Waals surface area contributed by atoms with Gasteiger partial charge in [-0.2, -0.15) is 0 Å². The summed E-state index contributed by atoms with van der Waals surface area (Å²) >= 11 is 0. The van der Waals surface area contributed by atoms with Crippen LogP contribution in [0.3, 0.4) is 0 Å². The third-order valence-corrected chi connectivity index (χ3v) is 3.16. The van der Waals surface area contributed by atoms with Gasteiger partial charge in [0, 0.05) is 44.1 Å². The van der Waals surface area contributed by atoms with E-state index in [1.54, 1.807) is 0 Å². The minimum Gasteiger partial charge on any atom is -0.395 e. The molecule has 0 amide bonds. The van der Waals surface area contributed by atoms with Crippen LogP contribution in [0, 0.1) is 0 Å². The van der Waals surface area contributed by atoms with Crippen molar-refractivity contribution in [2.75, 3.05) is 56.6 Å². The summed E-state index contributed by atoms with van der Waals surface area (Å²) in [5, 5.41) is 12.0. The van der Waals surface area contributed by atoms with E-state index in [-0.39, 0.29) is 6.61 Å². The summed E-state index contributed by atoms with van der Waals surface area (Å²) in [7, 11) is 2.16. The summed E-state index contributed by atoms with van der Waals surface area (Å²) in [6, 6.07) is 8.40. The molecule has 2 rings (SSSR count). The molecule has 4 heteroatoms. The van der Waals surface area contributed by atoms with Crippen LogP contribution in [0.15, 0.2) is 24.3 Å². The summed E-state index contributed by atoms with van der Waals surface area (Å²) in [6.07, 6.45) is 0. The number of aliphatic hydroxyl groups excluding tert-OH is 1. The molecule has 4 nitrogen and oxygen atoms in total. The SMILES string of the molecule is CN1CCN(c2cccc(NCCO)c2)CC1. The summed E-state index contributed by atoms with van der Waals surface area (Å²) < 4.78 is 0. The molecule has 1 heterocycles. The highest BCUT2D eigenvalue weighted by atomic mass is 16.3. The number of hydrogen-bond acceptors (Lipinski definition) is 4. The maximum Gasteiger partial charge on any atom is 0.0604 e. The Bertz CT molecular complexity index is 348. The van der Waals surface area contributed by atoms with Crippen LogP contribution in [0.1, 0.15) is 0 Å². The molecular weight excluding hydrogens is 214 g/mol. The molecule has 0 bridgehead atoms. The van der Waals surface area contributed by atoms with Gasteiger partial charge in [-0.25, -0.2) is 0 Å². The highest BCUT2D eigenvalue weighted by Gasteiger charge is 2.14. The van der Waals surface area contributed by atoms with Gasteiger partial charge in [-0.15, -0.1) is 0 Å². The summed E-state index contributed by atoms with van der Waals surface area (Å²) in [4.78, 5) is 4.76. The average molecular weight is 235 g/mol. The lowest BCUT2D eigenvalue weighted by molar-refractivity contribution is 0.311. The van der Waals surface area contributed by atoms with Crippen molar-refractivity contribution >= 4 is 11.4 Å². The first-order valence-electron chi connectivity index (χ1n) is 6.18. The van der Waals surface area contributed by atoms with Crippen LogP contribution in [-0.4, -0.2) is 56.4 Å². The standard InChI is InChI=1S/C13H21N3O/c1-15-6-8-16(9-7-15)13-4-2-3-12(11-13)14-5-10-17/h2-4,11,14,17H,5-10H2,1H3. The maximum absolute atomic E-state index is 8.80. The van der Waals surface area contributed by atoms with Crippen molar-refractivity contribution in [1.29, 1.82) is 0 Å². The smallest absolute Gasteiger partial charge is 0.0604 e. The molecule has 2 N–H and O–H groups in total. The Morgan fingerprint density at radius 3 is 2.71 bits per heavy atom. The van der Waals surface area contributed by atoms with Gasteiger partial charge in [0.2, 0.25) is 0 Å². The first-order chi connectivity index (χ1) is 8.29. The van der Waals surface area contributed by atoms with Gasteiger partial charge in [-0.3, -0.25) is 0 Å². The number of likely N-dealkylation sites (N-methyl/N-ethyl adjacent to an activating group) is 1. The van der Waals surface area contributed by atoms with E-state index in [9.17, 15) is 0 Å². The predicted molar refractivity (Wildman–Crippen MR) is 71.7 cm³/mol. The monoisotopic (exact) mass is 235 g/mol. The van der Waals surface area contributed by atoms with Crippen molar-refractivity contribution in [3.05, 3.63) is 24.3 Å². The molecule has 0 aromatic heterocycles. The second kappa shape index (κ2) is 5.89. The van der Waals surface area contributed by atoms with Gasteiger partial charge in [0.15, 0.2) is 0 Å².